The normalized spacial score (nSPS) is 38.7. The van der Waals surface area contributed by atoms with Crippen LogP contribution >= 0.6 is 0 Å². The van der Waals surface area contributed by atoms with E-state index in [4.69, 9.17) is 4.74 Å². The number of nitrogens with zero attached hydrogens (tertiary/aromatic N) is 1. The monoisotopic (exact) mass is 143 g/mol. The topological polar surface area (TPSA) is 15.8 Å². The highest BCUT2D eigenvalue weighted by Gasteiger charge is 2.47. The first kappa shape index (κ1) is 8.02. The Labute approximate surface area is 63.2 Å². The van der Waals surface area contributed by atoms with Gasteiger partial charge in [0.2, 0.25) is 0 Å². The number of rotatable bonds is 3. The lowest BCUT2D eigenvalue weighted by molar-refractivity contribution is 0.270. The second-order valence-electron chi connectivity index (χ2n) is 3.63. The van der Waals surface area contributed by atoms with Gasteiger partial charge >= 0.3 is 0 Å². The summed E-state index contributed by atoms with van der Waals surface area (Å²) >= 11 is 0. The van der Waals surface area contributed by atoms with Crippen molar-refractivity contribution in [2.45, 2.75) is 32.0 Å². The van der Waals surface area contributed by atoms with Crippen molar-refractivity contribution in [3.8, 4) is 0 Å². The molecule has 2 unspecified atom stereocenters. The SMILES string of the molecule is CC1OC1(C)CCN(C)C. The minimum Gasteiger partial charge on any atom is -0.367 e. The molecule has 2 heteroatoms. The van der Waals surface area contributed by atoms with Gasteiger partial charge in [-0.2, -0.15) is 0 Å². The van der Waals surface area contributed by atoms with Gasteiger partial charge in [0.15, 0.2) is 0 Å². The van der Waals surface area contributed by atoms with Crippen LogP contribution in [0.2, 0.25) is 0 Å². The van der Waals surface area contributed by atoms with Crippen LogP contribution in [0.4, 0.5) is 0 Å². The fourth-order valence-electron chi connectivity index (χ4n) is 1.08. The first-order valence-corrected chi connectivity index (χ1v) is 3.87. The maximum absolute atomic E-state index is 5.43. The average Bonchev–Trinajstić information content (AvgIpc) is 2.38. The van der Waals surface area contributed by atoms with Crippen LogP contribution in [0.25, 0.3) is 0 Å². The van der Waals surface area contributed by atoms with E-state index in [9.17, 15) is 0 Å². The highest BCUT2D eigenvalue weighted by atomic mass is 16.6. The van der Waals surface area contributed by atoms with E-state index < -0.39 is 0 Å². The van der Waals surface area contributed by atoms with Crippen LogP contribution in [0, 0.1) is 0 Å². The molecule has 0 bridgehead atoms. The first-order valence-electron chi connectivity index (χ1n) is 3.87. The van der Waals surface area contributed by atoms with Crippen molar-refractivity contribution in [3.63, 3.8) is 0 Å². The van der Waals surface area contributed by atoms with Gasteiger partial charge in [0.1, 0.15) is 0 Å². The standard InChI is InChI=1S/C8H17NO/c1-7-8(2,10-7)5-6-9(3)4/h7H,5-6H2,1-4H3. The Morgan fingerprint density at radius 3 is 2.30 bits per heavy atom. The first-order chi connectivity index (χ1) is 4.54. The molecule has 1 fully saturated rings. The molecule has 1 saturated heterocycles. The smallest absolute Gasteiger partial charge is 0.0929 e. The molecule has 0 aromatic rings. The molecule has 1 rings (SSSR count). The van der Waals surface area contributed by atoms with E-state index in [1.807, 2.05) is 0 Å². The highest BCUT2D eigenvalue weighted by Crippen LogP contribution is 2.38. The predicted octanol–water partition coefficient (Wildman–Crippen LogP) is 1.12. The van der Waals surface area contributed by atoms with E-state index in [0.717, 1.165) is 13.0 Å². The van der Waals surface area contributed by atoms with Crippen LogP contribution in [0.15, 0.2) is 0 Å². The summed E-state index contributed by atoms with van der Waals surface area (Å²) in [5.41, 5.74) is 0.199. The quantitative estimate of drug-likeness (QED) is 0.550. The number of hydrogen-bond acceptors (Lipinski definition) is 2. The highest BCUT2D eigenvalue weighted by molar-refractivity contribution is 4.95. The molecule has 0 aromatic carbocycles. The molecule has 1 heterocycles. The van der Waals surface area contributed by atoms with Crippen molar-refractivity contribution in [1.82, 2.24) is 4.90 Å². The van der Waals surface area contributed by atoms with Crippen molar-refractivity contribution in [2.24, 2.45) is 0 Å². The molecular weight excluding hydrogens is 126 g/mol. The van der Waals surface area contributed by atoms with Gasteiger partial charge in [0, 0.05) is 6.54 Å². The second kappa shape index (κ2) is 2.51. The zero-order valence-corrected chi connectivity index (χ0v) is 7.35. The zero-order chi connectivity index (χ0) is 7.78. The Bertz CT molecular complexity index is 124. The van der Waals surface area contributed by atoms with E-state index in [1.165, 1.54) is 0 Å². The molecule has 0 saturated carbocycles. The molecule has 1 aliphatic rings. The lowest BCUT2D eigenvalue weighted by Gasteiger charge is -2.11. The fraction of sp³-hybridized carbons (Fsp3) is 1.00. The van der Waals surface area contributed by atoms with Gasteiger partial charge in [-0.3, -0.25) is 0 Å². The van der Waals surface area contributed by atoms with E-state index in [-0.39, 0.29) is 5.60 Å². The Morgan fingerprint density at radius 2 is 2.00 bits per heavy atom. The molecule has 60 valence electrons. The van der Waals surface area contributed by atoms with E-state index >= 15 is 0 Å². The van der Waals surface area contributed by atoms with Gasteiger partial charge in [0.05, 0.1) is 11.7 Å². The molecule has 2 atom stereocenters. The number of ether oxygens (including phenoxy) is 1. The van der Waals surface area contributed by atoms with Gasteiger partial charge in [0.25, 0.3) is 0 Å². The van der Waals surface area contributed by atoms with Crippen molar-refractivity contribution in [2.75, 3.05) is 20.6 Å². The molecule has 0 amide bonds. The Morgan fingerprint density at radius 1 is 1.50 bits per heavy atom. The summed E-state index contributed by atoms with van der Waals surface area (Å²) in [6.07, 6.45) is 1.63. The number of hydrogen-bond donors (Lipinski definition) is 0. The van der Waals surface area contributed by atoms with Gasteiger partial charge in [-0.25, -0.2) is 0 Å². The third-order valence-electron chi connectivity index (χ3n) is 2.30. The Hall–Kier alpha value is -0.0800. The summed E-state index contributed by atoms with van der Waals surface area (Å²) < 4.78 is 5.43. The van der Waals surface area contributed by atoms with Crippen LogP contribution in [0.3, 0.4) is 0 Å². The van der Waals surface area contributed by atoms with Gasteiger partial charge in [-0.15, -0.1) is 0 Å². The largest absolute Gasteiger partial charge is 0.367 e. The van der Waals surface area contributed by atoms with Crippen molar-refractivity contribution in [3.05, 3.63) is 0 Å². The van der Waals surface area contributed by atoms with Crippen molar-refractivity contribution < 1.29 is 4.74 Å². The lowest BCUT2D eigenvalue weighted by atomic mass is 10.1. The minimum atomic E-state index is 0.199. The summed E-state index contributed by atoms with van der Waals surface area (Å²) in [5.74, 6) is 0. The van der Waals surface area contributed by atoms with Crippen LogP contribution in [0.1, 0.15) is 20.3 Å². The van der Waals surface area contributed by atoms with E-state index in [2.05, 4.69) is 32.8 Å². The molecule has 2 nitrogen and oxygen atoms in total. The number of epoxide rings is 1. The molecule has 0 aromatic heterocycles. The molecule has 10 heavy (non-hydrogen) atoms. The molecular formula is C8H17NO. The minimum absolute atomic E-state index is 0.199. The summed E-state index contributed by atoms with van der Waals surface area (Å²) in [5, 5.41) is 0. The van der Waals surface area contributed by atoms with Gasteiger partial charge in [-0.1, -0.05) is 0 Å². The molecule has 0 N–H and O–H groups in total. The summed E-state index contributed by atoms with van der Waals surface area (Å²) in [6, 6.07) is 0. The van der Waals surface area contributed by atoms with Crippen LogP contribution in [-0.2, 0) is 4.74 Å². The van der Waals surface area contributed by atoms with Crippen LogP contribution in [0.5, 0.6) is 0 Å². The summed E-state index contributed by atoms with van der Waals surface area (Å²) in [4.78, 5) is 2.19. The molecule has 0 aliphatic carbocycles. The fourth-order valence-corrected chi connectivity index (χ4v) is 1.08. The summed E-state index contributed by atoms with van der Waals surface area (Å²) in [6.45, 7) is 5.44. The van der Waals surface area contributed by atoms with Gasteiger partial charge < -0.3 is 9.64 Å². The molecule has 0 spiro atoms. The second-order valence-corrected chi connectivity index (χ2v) is 3.63. The Kier molecular flexibility index (Phi) is 2.02. The van der Waals surface area contributed by atoms with E-state index in [0.29, 0.717) is 6.10 Å². The lowest BCUT2D eigenvalue weighted by Crippen LogP contribution is -2.20. The van der Waals surface area contributed by atoms with Crippen LogP contribution in [-0.4, -0.2) is 37.2 Å². The third-order valence-corrected chi connectivity index (χ3v) is 2.30. The zero-order valence-electron chi connectivity index (χ0n) is 7.35. The predicted molar refractivity (Wildman–Crippen MR) is 42.1 cm³/mol. The average molecular weight is 143 g/mol. The van der Waals surface area contributed by atoms with Gasteiger partial charge in [-0.05, 0) is 34.4 Å². The molecule has 0 radical (unpaired) electrons. The van der Waals surface area contributed by atoms with E-state index in [1.54, 1.807) is 0 Å². The third kappa shape index (κ3) is 1.70. The van der Waals surface area contributed by atoms with Crippen molar-refractivity contribution in [1.29, 1.82) is 0 Å². The molecule has 1 aliphatic heterocycles. The Balaban J connectivity index is 2.15. The van der Waals surface area contributed by atoms with Crippen LogP contribution < -0.4 is 0 Å². The maximum Gasteiger partial charge on any atom is 0.0929 e. The summed E-state index contributed by atoms with van der Waals surface area (Å²) in [7, 11) is 4.19. The maximum atomic E-state index is 5.43. The van der Waals surface area contributed by atoms with Crippen molar-refractivity contribution >= 4 is 0 Å².